The number of hydrogen-bond acceptors (Lipinski definition) is 3. The van der Waals surface area contributed by atoms with Gasteiger partial charge in [-0.25, -0.2) is 0 Å². The highest BCUT2D eigenvalue weighted by atomic mass is 35.5. The average molecular weight is 298 g/mol. The molecule has 0 unspecified atom stereocenters. The predicted octanol–water partition coefficient (Wildman–Crippen LogP) is 3.58. The number of rotatable bonds is 5. The van der Waals surface area contributed by atoms with Crippen molar-refractivity contribution in [2.24, 2.45) is 0 Å². The second-order valence-corrected chi connectivity index (χ2v) is 5.48. The number of nitrogens with one attached hydrogen (secondary N) is 1. The molecule has 20 heavy (non-hydrogen) atoms. The van der Waals surface area contributed by atoms with Gasteiger partial charge >= 0.3 is 0 Å². The minimum Gasteiger partial charge on any atom is -0.378 e. The van der Waals surface area contributed by atoms with Gasteiger partial charge in [0.1, 0.15) is 0 Å². The van der Waals surface area contributed by atoms with Gasteiger partial charge in [0, 0.05) is 36.6 Å². The summed E-state index contributed by atoms with van der Waals surface area (Å²) in [5.41, 5.74) is 3.31. The van der Waals surface area contributed by atoms with E-state index in [1.54, 1.807) is 0 Å². The number of aryl methyl sites for hydroxylation is 1. The third kappa shape index (κ3) is 3.76. The molecule has 0 aliphatic rings. The van der Waals surface area contributed by atoms with Gasteiger partial charge in [0.2, 0.25) is 0 Å². The van der Waals surface area contributed by atoms with Gasteiger partial charge in [0.25, 0.3) is 0 Å². The third-order valence-electron chi connectivity index (χ3n) is 3.11. The van der Waals surface area contributed by atoms with Crippen molar-refractivity contribution in [2.75, 3.05) is 5.32 Å². The molecule has 1 N–H and O–H groups in total. The Kier molecular flexibility index (Phi) is 5.62. The molecule has 6 heteroatoms. The molecule has 0 radical (unpaired) electrons. The SMILES string of the molecule is Cc1nn(C(C)C)cc1NCc1cnn(C(C)C)c1.Cl. The zero-order valence-corrected chi connectivity index (χ0v) is 13.6. The Morgan fingerprint density at radius 3 is 2.25 bits per heavy atom. The molecule has 0 saturated heterocycles. The number of hydrogen-bond donors (Lipinski definition) is 1. The topological polar surface area (TPSA) is 47.7 Å². The minimum absolute atomic E-state index is 0. The summed E-state index contributed by atoms with van der Waals surface area (Å²) >= 11 is 0. The maximum absolute atomic E-state index is 4.49. The molecule has 0 atom stereocenters. The highest BCUT2D eigenvalue weighted by Crippen LogP contribution is 2.17. The van der Waals surface area contributed by atoms with Crippen LogP contribution in [0.4, 0.5) is 5.69 Å². The number of anilines is 1. The van der Waals surface area contributed by atoms with Crippen molar-refractivity contribution < 1.29 is 0 Å². The summed E-state index contributed by atoms with van der Waals surface area (Å²) in [6.45, 7) is 11.3. The zero-order chi connectivity index (χ0) is 14.0. The Labute approximate surface area is 126 Å². The van der Waals surface area contributed by atoms with Crippen molar-refractivity contribution in [1.29, 1.82) is 0 Å². The van der Waals surface area contributed by atoms with Crippen LogP contribution in [-0.2, 0) is 6.54 Å². The maximum atomic E-state index is 4.49. The highest BCUT2D eigenvalue weighted by molar-refractivity contribution is 5.85. The monoisotopic (exact) mass is 297 g/mol. The van der Waals surface area contributed by atoms with Crippen LogP contribution in [0, 0.1) is 6.92 Å². The van der Waals surface area contributed by atoms with E-state index in [-0.39, 0.29) is 12.4 Å². The quantitative estimate of drug-likeness (QED) is 0.917. The van der Waals surface area contributed by atoms with Crippen LogP contribution < -0.4 is 5.32 Å². The van der Waals surface area contributed by atoms with E-state index in [0.29, 0.717) is 12.1 Å². The highest BCUT2D eigenvalue weighted by Gasteiger charge is 2.07. The van der Waals surface area contributed by atoms with Crippen molar-refractivity contribution >= 4 is 18.1 Å². The van der Waals surface area contributed by atoms with Gasteiger partial charge in [0.05, 0.1) is 17.6 Å². The molecule has 0 amide bonds. The van der Waals surface area contributed by atoms with Gasteiger partial charge in [-0.1, -0.05) is 0 Å². The molecule has 0 aliphatic heterocycles. The Morgan fingerprint density at radius 2 is 1.75 bits per heavy atom. The molecule has 2 heterocycles. The molecular weight excluding hydrogens is 274 g/mol. The minimum atomic E-state index is 0. The third-order valence-corrected chi connectivity index (χ3v) is 3.11. The van der Waals surface area contributed by atoms with Crippen LogP contribution in [0.25, 0.3) is 0 Å². The molecule has 0 spiro atoms. The van der Waals surface area contributed by atoms with E-state index in [9.17, 15) is 0 Å². The van der Waals surface area contributed by atoms with Crippen molar-refractivity contribution in [3.8, 4) is 0 Å². The van der Waals surface area contributed by atoms with Gasteiger partial charge in [-0.15, -0.1) is 12.4 Å². The summed E-state index contributed by atoms with van der Waals surface area (Å²) in [4.78, 5) is 0. The summed E-state index contributed by atoms with van der Waals surface area (Å²) < 4.78 is 3.95. The van der Waals surface area contributed by atoms with E-state index in [4.69, 9.17) is 0 Å². The van der Waals surface area contributed by atoms with Crippen LogP contribution in [0.1, 0.15) is 51.0 Å². The Morgan fingerprint density at radius 1 is 1.10 bits per heavy atom. The standard InChI is InChI=1S/C14H23N5.ClH/c1-10(2)18-8-13(7-16-18)6-15-14-9-19(11(3)4)17-12(14)5;/h7-11,15H,6H2,1-5H3;1H. The molecular formula is C14H24ClN5. The molecule has 0 aliphatic carbocycles. The van der Waals surface area contributed by atoms with E-state index in [1.165, 1.54) is 5.56 Å². The average Bonchev–Trinajstić information content (AvgIpc) is 2.93. The smallest absolute Gasteiger partial charge is 0.0825 e. The van der Waals surface area contributed by atoms with Crippen LogP contribution in [0.5, 0.6) is 0 Å². The van der Waals surface area contributed by atoms with Crippen molar-refractivity contribution in [3.05, 3.63) is 29.8 Å². The van der Waals surface area contributed by atoms with Crippen LogP contribution >= 0.6 is 12.4 Å². The number of aromatic nitrogens is 4. The Balaban J connectivity index is 0.00000200. The fourth-order valence-corrected chi connectivity index (χ4v) is 1.87. The summed E-state index contributed by atoms with van der Waals surface area (Å²) in [7, 11) is 0. The van der Waals surface area contributed by atoms with Crippen molar-refractivity contribution in [1.82, 2.24) is 19.6 Å². The van der Waals surface area contributed by atoms with Gasteiger partial charge in [-0.3, -0.25) is 9.36 Å². The summed E-state index contributed by atoms with van der Waals surface area (Å²) in [5, 5.41) is 12.2. The lowest BCUT2D eigenvalue weighted by molar-refractivity contribution is 0.529. The van der Waals surface area contributed by atoms with Crippen LogP contribution in [0.3, 0.4) is 0 Å². The number of nitrogens with zero attached hydrogens (tertiary/aromatic N) is 4. The van der Waals surface area contributed by atoms with E-state index >= 15 is 0 Å². The summed E-state index contributed by atoms with van der Waals surface area (Å²) in [6.07, 6.45) is 6.06. The Bertz CT molecular complexity index is 542. The first-order valence-corrected chi connectivity index (χ1v) is 6.80. The van der Waals surface area contributed by atoms with E-state index in [0.717, 1.165) is 17.9 Å². The van der Waals surface area contributed by atoms with Gasteiger partial charge < -0.3 is 5.32 Å². The van der Waals surface area contributed by atoms with Crippen molar-refractivity contribution in [2.45, 2.75) is 53.2 Å². The maximum Gasteiger partial charge on any atom is 0.0825 e. The fraction of sp³-hybridized carbons (Fsp3) is 0.571. The van der Waals surface area contributed by atoms with E-state index in [2.05, 4.69) is 55.6 Å². The van der Waals surface area contributed by atoms with E-state index < -0.39 is 0 Å². The Hall–Kier alpha value is -1.49. The van der Waals surface area contributed by atoms with Gasteiger partial charge in [-0.2, -0.15) is 10.2 Å². The molecule has 2 aromatic heterocycles. The lowest BCUT2D eigenvalue weighted by atomic mass is 10.3. The first-order valence-electron chi connectivity index (χ1n) is 6.80. The molecule has 0 fully saturated rings. The van der Waals surface area contributed by atoms with Gasteiger partial charge in [-0.05, 0) is 34.6 Å². The molecule has 0 aromatic carbocycles. The summed E-state index contributed by atoms with van der Waals surface area (Å²) in [6, 6.07) is 0.789. The zero-order valence-electron chi connectivity index (χ0n) is 12.8. The normalized spacial score (nSPS) is 10.9. The van der Waals surface area contributed by atoms with Crippen LogP contribution in [-0.4, -0.2) is 19.6 Å². The van der Waals surface area contributed by atoms with Crippen LogP contribution in [0.15, 0.2) is 18.6 Å². The molecule has 0 saturated carbocycles. The molecule has 2 rings (SSSR count). The first kappa shape index (κ1) is 16.6. The fourth-order valence-electron chi connectivity index (χ4n) is 1.87. The molecule has 0 bridgehead atoms. The number of halogens is 1. The second-order valence-electron chi connectivity index (χ2n) is 5.48. The van der Waals surface area contributed by atoms with Crippen molar-refractivity contribution in [3.63, 3.8) is 0 Å². The second kappa shape index (κ2) is 6.79. The molecule has 2 aromatic rings. The van der Waals surface area contributed by atoms with Gasteiger partial charge in [0.15, 0.2) is 0 Å². The molecule has 5 nitrogen and oxygen atoms in total. The molecule has 112 valence electrons. The summed E-state index contributed by atoms with van der Waals surface area (Å²) in [5.74, 6) is 0. The predicted molar refractivity (Wildman–Crippen MR) is 84.5 cm³/mol. The first-order chi connectivity index (χ1) is 8.97. The lowest BCUT2D eigenvalue weighted by Gasteiger charge is -2.04. The van der Waals surface area contributed by atoms with E-state index in [1.807, 2.05) is 22.5 Å². The lowest BCUT2D eigenvalue weighted by Crippen LogP contribution is -2.01. The largest absolute Gasteiger partial charge is 0.378 e. The van der Waals surface area contributed by atoms with Crippen LogP contribution in [0.2, 0.25) is 0 Å².